The van der Waals surface area contributed by atoms with Crippen LogP contribution in [-0.4, -0.2) is 24.9 Å². The van der Waals surface area contributed by atoms with Crippen molar-refractivity contribution < 1.29 is 9.59 Å². The number of hydrogen-bond donors (Lipinski definition) is 4. The maximum absolute atomic E-state index is 13.3. The monoisotopic (exact) mass is 444 g/mol. The first-order chi connectivity index (χ1) is 16.0. The second-order valence-corrected chi connectivity index (χ2v) is 9.85. The Morgan fingerprint density at radius 2 is 1.24 bits per heavy atom. The molecule has 2 aromatic rings. The molecule has 0 aromatic heterocycles. The van der Waals surface area contributed by atoms with Gasteiger partial charge in [0.05, 0.1) is 0 Å². The topological polar surface area (TPSA) is 96.2 Å². The Labute approximate surface area is 195 Å². The van der Waals surface area contributed by atoms with E-state index in [1.165, 1.54) is 11.1 Å². The second-order valence-electron chi connectivity index (χ2n) is 9.85. The van der Waals surface area contributed by atoms with Gasteiger partial charge in [0.15, 0.2) is 0 Å². The maximum atomic E-state index is 13.3. The summed E-state index contributed by atoms with van der Waals surface area (Å²) in [6.45, 7) is 1.92. The van der Waals surface area contributed by atoms with Crippen molar-refractivity contribution in [2.75, 3.05) is 29.5 Å². The Morgan fingerprint density at radius 3 is 1.70 bits per heavy atom. The van der Waals surface area contributed by atoms with E-state index >= 15 is 0 Å². The summed E-state index contributed by atoms with van der Waals surface area (Å²) < 4.78 is 0. The van der Waals surface area contributed by atoms with E-state index in [0.29, 0.717) is 5.69 Å². The van der Waals surface area contributed by atoms with Gasteiger partial charge in [0.1, 0.15) is 0 Å². The number of benzene rings is 2. The van der Waals surface area contributed by atoms with Crippen LogP contribution in [0.3, 0.4) is 0 Å². The molecule has 4 aliphatic rings. The Bertz CT molecular complexity index is 1050. The molecule has 6 rings (SSSR count). The van der Waals surface area contributed by atoms with Gasteiger partial charge in [-0.1, -0.05) is 18.2 Å². The highest BCUT2D eigenvalue weighted by Crippen LogP contribution is 2.57. The van der Waals surface area contributed by atoms with E-state index in [1.807, 2.05) is 24.3 Å². The average molecular weight is 445 g/mol. The molecule has 0 atom stereocenters. The highest BCUT2D eigenvalue weighted by molar-refractivity contribution is 5.98. The molecule has 33 heavy (non-hydrogen) atoms. The third-order valence-corrected chi connectivity index (χ3v) is 7.96. The van der Waals surface area contributed by atoms with Crippen LogP contribution in [0.5, 0.6) is 0 Å². The van der Waals surface area contributed by atoms with Gasteiger partial charge in [-0.2, -0.15) is 0 Å². The zero-order valence-corrected chi connectivity index (χ0v) is 19.0. The van der Waals surface area contributed by atoms with Crippen LogP contribution in [-0.2, 0) is 9.59 Å². The van der Waals surface area contributed by atoms with Crippen LogP contribution in [0, 0.1) is 10.8 Å². The Kier molecular flexibility index (Phi) is 5.71. The molecule has 2 amide bonds. The van der Waals surface area contributed by atoms with Crippen molar-refractivity contribution in [3.8, 4) is 0 Å². The number of rotatable bonds is 5. The Balaban J connectivity index is 1.20. The molecule has 3 aliphatic carbocycles. The quantitative estimate of drug-likeness (QED) is 0.508. The molecule has 1 aliphatic heterocycles. The number of hydrogen-bond acceptors (Lipinski definition) is 4. The SMILES string of the molecule is Nc1ccc(NC(=O)C23CCC(C(=O)Nc4ccc(C5=CCNCC5)cc4)(CC2)CC3)cc1. The van der Waals surface area contributed by atoms with Crippen molar-refractivity contribution in [1.29, 1.82) is 0 Å². The second kappa shape index (κ2) is 8.67. The molecular formula is C27H32N4O2. The van der Waals surface area contributed by atoms with Crippen molar-refractivity contribution in [3.63, 3.8) is 0 Å². The molecule has 0 unspecified atom stereocenters. The van der Waals surface area contributed by atoms with Gasteiger partial charge in [-0.15, -0.1) is 0 Å². The number of anilines is 3. The van der Waals surface area contributed by atoms with Gasteiger partial charge in [-0.25, -0.2) is 0 Å². The number of nitrogens with two attached hydrogens (primary N) is 1. The van der Waals surface area contributed by atoms with Crippen molar-refractivity contribution in [3.05, 3.63) is 60.2 Å². The highest BCUT2D eigenvalue weighted by Gasteiger charge is 2.55. The van der Waals surface area contributed by atoms with Crippen LogP contribution in [0.1, 0.15) is 50.5 Å². The van der Waals surface area contributed by atoms with Crippen LogP contribution >= 0.6 is 0 Å². The standard InChI is InChI=1S/C27H32N4O2/c28-21-3-7-23(8-4-21)31-25(33)27-14-11-26(12-15-27,13-16-27)24(32)30-22-5-1-19(2-6-22)20-9-17-29-18-10-20/h1-9,29H,10-18,28H2,(H,30,32)(H,31,33). The van der Waals surface area contributed by atoms with Crippen molar-refractivity contribution >= 4 is 34.4 Å². The van der Waals surface area contributed by atoms with Gasteiger partial charge in [-0.05, 0) is 99.0 Å². The fourth-order valence-corrected chi connectivity index (χ4v) is 5.61. The van der Waals surface area contributed by atoms with Crippen LogP contribution < -0.4 is 21.7 Å². The summed E-state index contributed by atoms with van der Waals surface area (Å²) >= 11 is 0. The summed E-state index contributed by atoms with van der Waals surface area (Å²) in [6.07, 6.45) is 7.79. The van der Waals surface area contributed by atoms with E-state index in [-0.39, 0.29) is 22.6 Å². The first-order valence-electron chi connectivity index (χ1n) is 12.0. The molecule has 6 nitrogen and oxygen atoms in total. The summed E-state index contributed by atoms with van der Waals surface area (Å²) in [5.74, 6) is 0.173. The number of nitrogen functional groups attached to an aromatic ring is 1. The van der Waals surface area contributed by atoms with Gasteiger partial charge < -0.3 is 21.7 Å². The molecule has 0 spiro atoms. The van der Waals surface area contributed by atoms with Gasteiger partial charge in [0, 0.05) is 34.4 Å². The predicted molar refractivity (Wildman–Crippen MR) is 133 cm³/mol. The number of carbonyl (C=O) groups is 2. The lowest BCUT2D eigenvalue weighted by atomic mass is 9.53. The van der Waals surface area contributed by atoms with E-state index in [4.69, 9.17) is 5.73 Å². The summed E-state index contributed by atoms with van der Waals surface area (Å²) in [4.78, 5) is 26.4. The van der Waals surface area contributed by atoms with Gasteiger partial charge >= 0.3 is 0 Å². The zero-order valence-electron chi connectivity index (χ0n) is 19.0. The first kappa shape index (κ1) is 21.7. The lowest BCUT2D eigenvalue weighted by Crippen LogP contribution is -2.52. The van der Waals surface area contributed by atoms with E-state index in [1.54, 1.807) is 12.1 Å². The highest BCUT2D eigenvalue weighted by atomic mass is 16.2. The minimum atomic E-state index is -0.367. The maximum Gasteiger partial charge on any atom is 0.230 e. The average Bonchev–Trinajstić information content (AvgIpc) is 2.87. The van der Waals surface area contributed by atoms with E-state index in [0.717, 1.165) is 69.4 Å². The van der Waals surface area contributed by atoms with Crippen molar-refractivity contribution in [2.45, 2.75) is 44.9 Å². The number of nitrogens with one attached hydrogen (secondary N) is 3. The fourth-order valence-electron chi connectivity index (χ4n) is 5.61. The van der Waals surface area contributed by atoms with Crippen LogP contribution in [0.15, 0.2) is 54.6 Å². The third kappa shape index (κ3) is 4.27. The van der Waals surface area contributed by atoms with Gasteiger partial charge in [-0.3, -0.25) is 9.59 Å². The fraction of sp³-hybridized carbons (Fsp3) is 0.407. The number of carbonyl (C=O) groups excluding carboxylic acids is 2. The summed E-state index contributed by atoms with van der Waals surface area (Å²) in [6, 6.07) is 15.4. The van der Waals surface area contributed by atoms with Gasteiger partial charge in [0.25, 0.3) is 0 Å². The predicted octanol–water partition coefficient (Wildman–Crippen LogP) is 4.56. The third-order valence-electron chi connectivity index (χ3n) is 7.96. The molecule has 0 saturated heterocycles. The van der Waals surface area contributed by atoms with Crippen molar-refractivity contribution in [2.24, 2.45) is 10.8 Å². The molecule has 3 saturated carbocycles. The molecule has 1 heterocycles. The minimum absolute atomic E-state index is 0.0729. The Morgan fingerprint density at radius 1 is 0.758 bits per heavy atom. The molecule has 172 valence electrons. The first-order valence-corrected chi connectivity index (χ1v) is 12.0. The molecular weight excluding hydrogens is 412 g/mol. The number of fused-ring (bicyclic) bond motifs is 3. The van der Waals surface area contributed by atoms with Crippen LogP contribution in [0.25, 0.3) is 5.57 Å². The summed E-state index contributed by atoms with van der Waals surface area (Å²) in [5.41, 5.74) is 9.89. The Hall–Kier alpha value is -3.12. The molecule has 5 N–H and O–H groups in total. The van der Waals surface area contributed by atoms with Gasteiger partial charge in [0.2, 0.25) is 11.8 Å². The molecule has 3 fully saturated rings. The van der Waals surface area contributed by atoms with Crippen molar-refractivity contribution in [1.82, 2.24) is 5.32 Å². The molecule has 6 heteroatoms. The molecule has 2 aromatic carbocycles. The normalized spacial score (nSPS) is 26.4. The minimum Gasteiger partial charge on any atom is -0.399 e. The number of amides is 2. The smallest absolute Gasteiger partial charge is 0.230 e. The zero-order chi connectivity index (χ0) is 22.9. The van der Waals surface area contributed by atoms with Crippen LogP contribution in [0.4, 0.5) is 17.1 Å². The summed E-state index contributed by atoms with van der Waals surface area (Å²) in [5, 5.41) is 9.56. The van der Waals surface area contributed by atoms with E-state index in [2.05, 4.69) is 34.2 Å². The van der Waals surface area contributed by atoms with Crippen LogP contribution in [0.2, 0.25) is 0 Å². The van der Waals surface area contributed by atoms with E-state index < -0.39 is 0 Å². The molecule has 0 radical (unpaired) electrons. The lowest BCUT2D eigenvalue weighted by Gasteiger charge is -2.51. The molecule has 2 bridgehead atoms. The van der Waals surface area contributed by atoms with E-state index in [9.17, 15) is 9.59 Å². The largest absolute Gasteiger partial charge is 0.399 e. The lowest BCUT2D eigenvalue weighted by molar-refractivity contribution is -0.144. The summed E-state index contributed by atoms with van der Waals surface area (Å²) in [7, 11) is 0.